The standard InChI is InChI=1S/C25H32O4/c1-3-17-28-23-11-7-20(8-12-23)19-5-9-22(10-6-19)25(27)15-13-21(14-16-25)24(26)29-18-4-2/h5-12,21,27H,3-4,13-18H2,1-2H3. The second-order valence-corrected chi connectivity index (χ2v) is 7.92. The van der Waals surface area contributed by atoms with Crippen LogP contribution in [0.5, 0.6) is 5.75 Å². The van der Waals surface area contributed by atoms with Gasteiger partial charge in [-0.25, -0.2) is 0 Å². The number of carbonyl (C=O) groups is 1. The Labute approximate surface area is 173 Å². The first-order valence-electron chi connectivity index (χ1n) is 10.8. The second kappa shape index (κ2) is 9.93. The number of benzene rings is 2. The summed E-state index contributed by atoms with van der Waals surface area (Å²) < 4.78 is 10.9. The van der Waals surface area contributed by atoms with Gasteiger partial charge in [0.25, 0.3) is 0 Å². The van der Waals surface area contributed by atoms with Crippen molar-refractivity contribution in [1.82, 2.24) is 0 Å². The van der Waals surface area contributed by atoms with Crippen LogP contribution in [0.25, 0.3) is 11.1 Å². The number of hydrogen-bond donors (Lipinski definition) is 1. The van der Waals surface area contributed by atoms with E-state index in [0.717, 1.165) is 41.9 Å². The molecule has 2 aromatic carbocycles. The Morgan fingerprint density at radius 2 is 1.48 bits per heavy atom. The molecule has 0 radical (unpaired) electrons. The lowest BCUT2D eigenvalue weighted by atomic mass is 9.75. The van der Waals surface area contributed by atoms with E-state index in [1.54, 1.807) is 0 Å². The van der Waals surface area contributed by atoms with Crippen LogP contribution in [0.15, 0.2) is 48.5 Å². The van der Waals surface area contributed by atoms with Crippen LogP contribution in [0.4, 0.5) is 0 Å². The molecule has 2 aromatic rings. The Morgan fingerprint density at radius 1 is 0.931 bits per heavy atom. The maximum absolute atomic E-state index is 12.1. The van der Waals surface area contributed by atoms with Crippen molar-refractivity contribution in [2.45, 2.75) is 58.0 Å². The van der Waals surface area contributed by atoms with Gasteiger partial charge in [-0.3, -0.25) is 4.79 Å². The summed E-state index contributed by atoms with van der Waals surface area (Å²) in [5.41, 5.74) is 2.29. The molecule has 4 nitrogen and oxygen atoms in total. The van der Waals surface area contributed by atoms with Gasteiger partial charge in [-0.05, 0) is 67.3 Å². The van der Waals surface area contributed by atoms with Crippen LogP contribution < -0.4 is 4.74 Å². The molecule has 0 saturated heterocycles. The van der Waals surface area contributed by atoms with E-state index in [4.69, 9.17) is 9.47 Å². The third kappa shape index (κ3) is 5.39. The predicted molar refractivity (Wildman–Crippen MR) is 115 cm³/mol. The van der Waals surface area contributed by atoms with E-state index in [2.05, 4.69) is 31.2 Å². The lowest BCUT2D eigenvalue weighted by molar-refractivity contribution is -0.151. The highest BCUT2D eigenvalue weighted by molar-refractivity contribution is 5.72. The van der Waals surface area contributed by atoms with Gasteiger partial charge in [0.05, 0.1) is 24.7 Å². The van der Waals surface area contributed by atoms with Crippen LogP contribution in [0.1, 0.15) is 57.9 Å². The number of carbonyl (C=O) groups excluding carboxylic acids is 1. The minimum absolute atomic E-state index is 0.0884. The van der Waals surface area contributed by atoms with Gasteiger partial charge in [0.2, 0.25) is 0 Å². The van der Waals surface area contributed by atoms with Crippen LogP contribution in [0.3, 0.4) is 0 Å². The van der Waals surface area contributed by atoms with Gasteiger partial charge in [0.1, 0.15) is 5.75 Å². The van der Waals surface area contributed by atoms with E-state index >= 15 is 0 Å². The van der Waals surface area contributed by atoms with E-state index < -0.39 is 5.60 Å². The van der Waals surface area contributed by atoms with Crippen LogP contribution in [-0.2, 0) is 15.1 Å². The lowest BCUT2D eigenvalue weighted by Crippen LogP contribution is -2.34. The van der Waals surface area contributed by atoms with Crippen molar-refractivity contribution >= 4 is 5.97 Å². The highest BCUT2D eigenvalue weighted by Crippen LogP contribution is 2.40. The SMILES string of the molecule is CCCOC(=O)C1CCC(O)(c2ccc(-c3ccc(OCCC)cc3)cc2)CC1. The molecular weight excluding hydrogens is 364 g/mol. The van der Waals surface area contributed by atoms with E-state index in [9.17, 15) is 9.90 Å². The fraction of sp³-hybridized carbons (Fsp3) is 0.480. The second-order valence-electron chi connectivity index (χ2n) is 7.92. The third-order valence-electron chi connectivity index (χ3n) is 5.68. The lowest BCUT2D eigenvalue weighted by Gasteiger charge is -2.35. The number of ether oxygens (including phenoxy) is 2. The van der Waals surface area contributed by atoms with Crippen LogP contribution in [0, 0.1) is 5.92 Å². The number of aliphatic hydroxyl groups is 1. The van der Waals surface area contributed by atoms with Gasteiger partial charge < -0.3 is 14.6 Å². The maximum Gasteiger partial charge on any atom is 0.308 e. The molecule has 0 aliphatic heterocycles. The first-order valence-corrected chi connectivity index (χ1v) is 10.8. The molecule has 156 valence electrons. The third-order valence-corrected chi connectivity index (χ3v) is 5.68. The first kappa shape index (κ1) is 21.4. The van der Waals surface area contributed by atoms with Crippen LogP contribution >= 0.6 is 0 Å². The average Bonchev–Trinajstić information content (AvgIpc) is 2.77. The molecule has 1 aliphatic rings. The minimum atomic E-state index is -0.863. The van der Waals surface area contributed by atoms with Gasteiger partial charge in [-0.1, -0.05) is 50.2 Å². The molecule has 0 unspecified atom stereocenters. The van der Waals surface area contributed by atoms with E-state index in [1.807, 2.05) is 31.2 Å². The monoisotopic (exact) mass is 396 g/mol. The van der Waals surface area contributed by atoms with Crippen LogP contribution in [0.2, 0.25) is 0 Å². The smallest absolute Gasteiger partial charge is 0.308 e. The molecule has 1 N–H and O–H groups in total. The van der Waals surface area contributed by atoms with Gasteiger partial charge in [-0.15, -0.1) is 0 Å². The predicted octanol–water partition coefficient (Wildman–Crippen LogP) is 5.47. The summed E-state index contributed by atoms with van der Waals surface area (Å²) in [6, 6.07) is 16.2. The average molecular weight is 397 g/mol. The Bertz CT molecular complexity index is 771. The summed E-state index contributed by atoms with van der Waals surface area (Å²) in [5, 5.41) is 11.1. The zero-order chi connectivity index (χ0) is 20.7. The molecule has 29 heavy (non-hydrogen) atoms. The van der Waals surface area contributed by atoms with Gasteiger partial charge in [0, 0.05) is 0 Å². The molecule has 4 heteroatoms. The summed E-state index contributed by atoms with van der Waals surface area (Å²) in [4.78, 5) is 12.1. The number of esters is 1. The van der Waals surface area contributed by atoms with Gasteiger partial charge >= 0.3 is 5.97 Å². The molecule has 0 atom stereocenters. The highest BCUT2D eigenvalue weighted by atomic mass is 16.5. The van der Waals surface area contributed by atoms with Gasteiger partial charge in [-0.2, -0.15) is 0 Å². The van der Waals surface area contributed by atoms with Crippen molar-refractivity contribution < 1.29 is 19.4 Å². The zero-order valence-corrected chi connectivity index (χ0v) is 17.5. The summed E-state index contributed by atoms with van der Waals surface area (Å²) >= 11 is 0. The molecule has 1 saturated carbocycles. The maximum atomic E-state index is 12.1. The number of rotatable bonds is 8. The Kier molecular flexibility index (Phi) is 7.32. The topological polar surface area (TPSA) is 55.8 Å². The van der Waals surface area contributed by atoms with Crippen LogP contribution in [-0.4, -0.2) is 24.3 Å². The van der Waals surface area contributed by atoms with Crippen molar-refractivity contribution in [3.63, 3.8) is 0 Å². The summed E-state index contributed by atoms with van der Waals surface area (Å²) in [6.07, 6.45) is 4.33. The quantitative estimate of drug-likeness (QED) is 0.601. The summed E-state index contributed by atoms with van der Waals surface area (Å²) in [7, 11) is 0. The number of hydrogen-bond acceptors (Lipinski definition) is 4. The minimum Gasteiger partial charge on any atom is -0.494 e. The molecule has 3 rings (SSSR count). The molecule has 0 bridgehead atoms. The molecule has 1 fully saturated rings. The Morgan fingerprint density at radius 3 is 2.03 bits per heavy atom. The molecule has 0 amide bonds. The fourth-order valence-electron chi connectivity index (χ4n) is 3.88. The van der Waals surface area contributed by atoms with Crippen molar-refractivity contribution in [3.05, 3.63) is 54.1 Å². The van der Waals surface area contributed by atoms with Crippen molar-refractivity contribution in [1.29, 1.82) is 0 Å². The van der Waals surface area contributed by atoms with E-state index in [-0.39, 0.29) is 11.9 Å². The van der Waals surface area contributed by atoms with Crippen molar-refractivity contribution in [3.8, 4) is 16.9 Å². The Balaban J connectivity index is 1.62. The highest BCUT2D eigenvalue weighted by Gasteiger charge is 2.37. The first-order chi connectivity index (χ1) is 14.1. The molecule has 1 aliphatic carbocycles. The molecule has 0 heterocycles. The van der Waals surface area contributed by atoms with Crippen molar-refractivity contribution in [2.24, 2.45) is 5.92 Å². The zero-order valence-electron chi connectivity index (χ0n) is 17.5. The Hall–Kier alpha value is -2.33. The van der Waals surface area contributed by atoms with Gasteiger partial charge in [0.15, 0.2) is 0 Å². The molecule has 0 spiro atoms. The summed E-state index contributed by atoms with van der Waals surface area (Å²) in [5.74, 6) is 0.681. The van der Waals surface area contributed by atoms with E-state index in [0.29, 0.717) is 32.3 Å². The summed E-state index contributed by atoms with van der Waals surface area (Å²) in [6.45, 7) is 5.29. The normalized spacial score (nSPS) is 21.6. The largest absolute Gasteiger partial charge is 0.494 e. The molecular formula is C25H32O4. The fourth-order valence-corrected chi connectivity index (χ4v) is 3.88. The van der Waals surface area contributed by atoms with E-state index in [1.165, 1.54) is 0 Å². The van der Waals surface area contributed by atoms with Crippen molar-refractivity contribution in [2.75, 3.05) is 13.2 Å². The molecule has 0 aromatic heterocycles.